The van der Waals surface area contributed by atoms with Crippen LogP contribution >= 0.6 is 0 Å². The third kappa shape index (κ3) is 10.8. The topological polar surface area (TPSA) is 60.4 Å². The molecule has 0 bridgehead atoms. The van der Waals surface area contributed by atoms with Crippen LogP contribution in [0.3, 0.4) is 0 Å². The number of nitrogens with zero attached hydrogens (tertiary/aromatic N) is 1. The molecule has 0 aromatic heterocycles. The molecule has 0 unspecified atom stereocenters. The molecular formula is C24H43NO3. The summed E-state index contributed by atoms with van der Waals surface area (Å²) in [5.41, 5.74) is 0.433. The molecule has 1 aromatic rings. The lowest BCUT2D eigenvalue weighted by molar-refractivity contribution is -0.929. The van der Waals surface area contributed by atoms with Crippen molar-refractivity contribution in [2.24, 2.45) is 0 Å². The van der Waals surface area contributed by atoms with Crippen molar-refractivity contribution in [2.45, 2.75) is 85.7 Å². The van der Waals surface area contributed by atoms with Crippen LogP contribution in [0.25, 0.3) is 0 Å². The molecule has 28 heavy (non-hydrogen) atoms. The van der Waals surface area contributed by atoms with Crippen LogP contribution in [0, 0.1) is 0 Å². The van der Waals surface area contributed by atoms with Crippen molar-refractivity contribution in [3.8, 4) is 0 Å². The molecule has 4 heteroatoms. The fraction of sp³-hybridized carbons (Fsp3) is 0.708. The van der Waals surface area contributed by atoms with Gasteiger partial charge in [-0.2, -0.15) is 0 Å². The second-order valence-corrected chi connectivity index (χ2v) is 7.75. The van der Waals surface area contributed by atoms with E-state index in [-0.39, 0.29) is 12.2 Å². The van der Waals surface area contributed by atoms with Crippen LogP contribution in [-0.4, -0.2) is 41.7 Å². The van der Waals surface area contributed by atoms with Gasteiger partial charge in [0.1, 0.15) is 0 Å². The van der Waals surface area contributed by atoms with Gasteiger partial charge in [0.05, 0.1) is 38.8 Å². The van der Waals surface area contributed by atoms with Crippen molar-refractivity contribution >= 4 is 5.97 Å². The molecule has 0 saturated carbocycles. The Morgan fingerprint density at radius 3 is 1.50 bits per heavy atom. The molecule has 0 aliphatic heterocycles. The van der Waals surface area contributed by atoms with Crippen LogP contribution in [0.2, 0.25) is 0 Å². The zero-order valence-corrected chi connectivity index (χ0v) is 18.7. The predicted molar refractivity (Wildman–Crippen MR) is 116 cm³/mol. The van der Waals surface area contributed by atoms with Crippen molar-refractivity contribution in [2.75, 3.05) is 26.2 Å². The second kappa shape index (κ2) is 16.6. The van der Waals surface area contributed by atoms with E-state index in [0.29, 0.717) is 5.56 Å². The van der Waals surface area contributed by atoms with Gasteiger partial charge in [0.2, 0.25) is 0 Å². The fourth-order valence-electron chi connectivity index (χ4n) is 3.50. The van der Waals surface area contributed by atoms with Gasteiger partial charge in [-0.1, -0.05) is 77.6 Å². The van der Waals surface area contributed by atoms with E-state index in [0.717, 1.165) is 0 Å². The van der Waals surface area contributed by atoms with Gasteiger partial charge in [-0.25, -0.2) is 0 Å². The van der Waals surface area contributed by atoms with E-state index in [1.165, 1.54) is 88.1 Å². The average molecular weight is 394 g/mol. The molecule has 1 rings (SSSR count). The summed E-state index contributed by atoms with van der Waals surface area (Å²) in [6.45, 7) is 14.7. The summed E-state index contributed by atoms with van der Waals surface area (Å²) >= 11 is 0. The first-order valence-electron chi connectivity index (χ1n) is 11.2. The van der Waals surface area contributed by atoms with Crippen molar-refractivity contribution in [1.29, 1.82) is 0 Å². The molecule has 0 aliphatic carbocycles. The molecule has 1 aromatic carbocycles. The number of aliphatic hydroxyl groups is 1. The molecule has 0 heterocycles. The van der Waals surface area contributed by atoms with Crippen molar-refractivity contribution in [1.82, 2.24) is 0 Å². The Hall–Kier alpha value is -1.39. The molecular weight excluding hydrogens is 350 g/mol. The van der Waals surface area contributed by atoms with Crippen LogP contribution < -0.4 is 5.11 Å². The Labute approximate surface area is 173 Å². The van der Waals surface area contributed by atoms with E-state index < -0.39 is 5.97 Å². The standard InChI is InChI=1S/C16H36N.C8H8O3/c1-5-9-13-17(14-10-6-2,15-11-7-3)16-12-8-4;9-5-6-3-1-2-4-7(6)8(10)11/h5-16H2,1-4H3;1-4,9H,5H2,(H,10,11)/q+1;/p-1. The Balaban J connectivity index is 0.000000567. The summed E-state index contributed by atoms with van der Waals surface area (Å²) < 4.78 is 1.42. The SMILES string of the molecule is CCCC[N+](CCCC)(CCCC)CCCC.O=C([O-])c1ccccc1CO. The largest absolute Gasteiger partial charge is 0.545 e. The van der Waals surface area contributed by atoms with Gasteiger partial charge in [-0.05, 0) is 31.2 Å². The molecule has 0 amide bonds. The van der Waals surface area contributed by atoms with Gasteiger partial charge in [-0.15, -0.1) is 0 Å². The number of hydrogen-bond donors (Lipinski definition) is 1. The van der Waals surface area contributed by atoms with Crippen LogP contribution in [0.5, 0.6) is 0 Å². The van der Waals surface area contributed by atoms with E-state index in [9.17, 15) is 9.90 Å². The Kier molecular flexibility index (Phi) is 15.7. The number of unbranched alkanes of at least 4 members (excludes halogenated alkanes) is 4. The molecule has 0 aliphatic rings. The number of aromatic carboxylic acids is 1. The Morgan fingerprint density at radius 2 is 1.21 bits per heavy atom. The van der Waals surface area contributed by atoms with Crippen LogP contribution in [-0.2, 0) is 6.61 Å². The number of carboxylic acids is 1. The number of carbonyl (C=O) groups is 1. The number of rotatable bonds is 14. The quantitative estimate of drug-likeness (QED) is 0.472. The highest BCUT2D eigenvalue weighted by Gasteiger charge is 2.24. The van der Waals surface area contributed by atoms with E-state index in [1.807, 2.05) is 0 Å². The van der Waals surface area contributed by atoms with Crippen molar-refractivity contribution < 1.29 is 19.5 Å². The van der Waals surface area contributed by atoms with Gasteiger partial charge in [0, 0.05) is 5.56 Å². The smallest absolute Gasteiger partial charge is 0.0786 e. The first-order chi connectivity index (χ1) is 13.5. The summed E-state index contributed by atoms with van der Waals surface area (Å²) in [7, 11) is 0. The third-order valence-corrected chi connectivity index (χ3v) is 5.35. The summed E-state index contributed by atoms with van der Waals surface area (Å²) in [6.07, 6.45) is 11.1. The molecule has 0 spiro atoms. The first kappa shape index (κ1) is 26.6. The lowest BCUT2D eigenvalue weighted by Crippen LogP contribution is -2.50. The van der Waals surface area contributed by atoms with Gasteiger partial charge in [0.15, 0.2) is 0 Å². The summed E-state index contributed by atoms with van der Waals surface area (Å²) in [4.78, 5) is 10.4. The van der Waals surface area contributed by atoms with E-state index in [1.54, 1.807) is 18.2 Å². The molecule has 162 valence electrons. The minimum atomic E-state index is -1.25. The molecule has 0 fully saturated rings. The number of quaternary nitrogens is 1. The number of carbonyl (C=O) groups excluding carboxylic acids is 1. The van der Waals surface area contributed by atoms with E-state index in [2.05, 4.69) is 27.7 Å². The zero-order chi connectivity index (χ0) is 21.3. The maximum absolute atomic E-state index is 10.4. The number of benzene rings is 1. The Bertz CT molecular complexity index is 479. The third-order valence-electron chi connectivity index (χ3n) is 5.35. The summed E-state index contributed by atoms with van der Waals surface area (Å²) in [5.74, 6) is -1.25. The summed E-state index contributed by atoms with van der Waals surface area (Å²) in [5, 5.41) is 19.0. The maximum atomic E-state index is 10.4. The van der Waals surface area contributed by atoms with Gasteiger partial charge < -0.3 is 19.5 Å². The predicted octanol–water partition coefficient (Wildman–Crippen LogP) is 4.55. The molecule has 1 N–H and O–H groups in total. The maximum Gasteiger partial charge on any atom is 0.0786 e. The fourth-order valence-corrected chi connectivity index (χ4v) is 3.50. The van der Waals surface area contributed by atoms with E-state index >= 15 is 0 Å². The van der Waals surface area contributed by atoms with Crippen molar-refractivity contribution in [3.05, 3.63) is 35.4 Å². The van der Waals surface area contributed by atoms with Gasteiger partial charge in [0.25, 0.3) is 0 Å². The highest BCUT2D eigenvalue weighted by atomic mass is 16.4. The van der Waals surface area contributed by atoms with Gasteiger partial charge >= 0.3 is 0 Å². The van der Waals surface area contributed by atoms with Crippen LogP contribution in [0.1, 0.15) is 95.0 Å². The molecule has 0 atom stereocenters. The number of carboxylic acid groups (broad SMARTS) is 1. The lowest BCUT2D eigenvalue weighted by atomic mass is 10.1. The lowest BCUT2D eigenvalue weighted by Gasteiger charge is -2.39. The second-order valence-electron chi connectivity index (χ2n) is 7.75. The van der Waals surface area contributed by atoms with Crippen LogP contribution in [0.4, 0.5) is 0 Å². The summed E-state index contributed by atoms with van der Waals surface area (Å²) in [6, 6.07) is 6.20. The van der Waals surface area contributed by atoms with Crippen molar-refractivity contribution in [3.63, 3.8) is 0 Å². The Morgan fingerprint density at radius 1 is 0.821 bits per heavy atom. The number of aliphatic hydroxyl groups excluding tert-OH is 1. The minimum absolute atomic E-state index is 0.0509. The highest BCUT2D eigenvalue weighted by Crippen LogP contribution is 2.16. The molecule has 4 nitrogen and oxygen atoms in total. The average Bonchev–Trinajstić information content (AvgIpc) is 2.73. The highest BCUT2D eigenvalue weighted by molar-refractivity contribution is 5.87. The van der Waals surface area contributed by atoms with Crippen LogP contribution in [0.15, 0.2) is 24.3 Å². The van der Waals surface area contributed by atoms with Gasteiger partial charge in [-0.3, -0.25) is 0 Å². The minimum Gasteiger partial charge on any atom is -0.545 e. The number of hydrogen-bond acceptors (Lipinski definition) is 3. The normalized spacial score (nSPS) is 11.0. The first-order valence-corrected chi connectivity index (χ1v) is 11.2. The molecule has 0 radical (unpaired) electrons. The van der Waals surface area contributed by atoms with E-state index in [4.69, 9.17) is 5.11 Å². The zero-order valence-electron chi connectivity index (χ0n) is 18.7. The molecule has 0 saturated heterocycles. The monoisotopic (exact) mass is 393 g/mol.